The van der Waals surface area contributed by atoms with Gasteiger partial charge in [-0.05, 0) is 44.4 Å². The molecule has 1 fully saturated rings. The standard InChI is InChI=1S/C14H20N2O/c1-9-5-6-10(2)12(8-9)13-11(14(15)17)4-3-7-16-13/h5-6,8,11,13,16H,3-4,7H2,1-2H3,(H2,15,17). The number of piperidine rings is 1. The second-order valence-electron chi connectivity index (χ2n) is 4.94. The highest BCUT2D eigenvalue weighted by molar-refractivity contribution is 5.78. The molecule has 3 nitrogen and oxygen atoms in total. The summed E-state index contributed by atoms with van der Waals surface area (Å²) in [5, 5.41) is 3.43. The molecule has 0 bridgehead atoms. The van der Waals surface area contributed by atoms with Crippen LogP contribution in [0.1, 0.15) is 35.6 Å². The van der Waals surface area contributed by atoms with E-state index >= 15 is 0 Å². The molecule has 92 valence electrons. The van der Waals surface area contributed by atoms with Gasteiger partial charge in [0.15, 0.2) is 0 Å². The van der Waals surface area contributed by atoms with Gasteiger partial charge in [0.2, 0.25) is 5.91 Å². The third-order valence-electron chi connectivity index (χ3n) is 3.59. The van der Waals surface area contributed by atoms with E-state index in [1.165, 1.54) is 16.7 Å². The van der Waals surface area contributed by atoms with Crippen molar-refractivity contribution < 1.29 is 4.79 Å². The van der Waals surface area contributed by atoms with Crippen molar-refractivity contribution in [2.45, 2.75) is 32.7 Å². The zero-order valence-electron chi connectivity index (χ0n) is 10.5. The Morgan fingerprint density at radius 2 is 2.18 bits per heavy atom. The average molecular weight is 232 g/mol. The summed E-state index contributed by atoms with van der Waals surface area (Å²) >= 11 is 0. The molecule has 2 atom stereocenters. The first-order chi connectivity index (χ1) is 8.09. The van der Waals surface area contributed by atoms with Crippen molar-refractivity contribution in [2.75, 3.05) is 6.54 Å². The molecule has 0 saturated carbocycles. The van der Waals surface area contributed by atoms with Crippen LogP contribution in [0.4, 0.5) is 0 Å². The normalized spacial score (nSPS) is 24.6. The Bertz CT molecular complexity index is 428. The van der Waals surface area contributed by atoms with Crippen molar-refractivity contribution in [1.29, 1.82) is 0 Å². The van der Waals surface area contributed by atoms with E-state index < -0.39 is 0 Å². The van der Waals surface area contributed by atoms with Gasteiger partial charge in [-0.15, -0.1) is 0 Å². The van der Waals surface area contributed by atoms with E-state index in [0.29, 0.717) is 0 Å². The number of nitrogens with one attached hydrogen (secondary N) is 1. The number of amides is 1. The predicted molar refractivity (Wildman–Crippen MR) is 68.6 cm³/mol. The van der Waals surface area contributed by atoms with Crippen molar-refractivity contribution in [1.82, 2.24) is 5.32 Å². The Kier molecular flexibility index (Phi) is 3.48. The lowest BCUT2D eigenvalue weighted by Crippen LogP contribution is -2.41. The topological polar surface area (TPSA) is 55.1 Å². The van der Waals surface area contributed by atoms with Crippen LogP contribution in [0, 0.1) is 19.8 Å². The zero-order valence-corrected chi connectivity index (χ0v) is 10.5. The third kappa shape index (κ3) is 2.50. The number of rotatable bonds is 2. The maximum absolute atomic E-state index is 11.5. The smallest absolute Gasteiger partial charge is 0.222 e. The molecule has 3 N–H and O–H groups in total. The molecular formula is C14H20N2O. The molecular weight excluding hydrogens is 212 g/mol. The van der Waals surface area contributed by atoms with Gasteiger partial charge in [-0.2, -0.15) is 0 Å². The van der Waals surface area contributed by atoms with Gasteiger partial charge < -0.3 is 11.1 Å². The quantitative estimate of drug-likeness (QED) is 0.817. The lowest BCUT2D eigenvalue weighted by molar-refractivity contribution is -0.123. The minimum atomic E-state index is -0.192. The van der Waals surface area contributed by atoms with Crippen LogP contribution in [0.5, 0.6) is 0 Å². The number of aryl methyl sites for hydroxylation is 2. The van der Waals surface area contributed by atoms with Crippen LogP contribution in [0.2, 0.25) is 0 Å². The van der Waals surface area contributed by atoms with Gasteiger partial charge in [0.05, 0.1) is 5.92 Å². The Labute approximate surface area is 102 Å². The second kappa shape index (κ2) is 4.88. The van der Waals surface area contributed by atoms with Gasteiger partial charge in [0, 0.05) is 6.04 Å². The van der Waals surface area contributed by atoms with E-state index in [9.17, 15) is 4.79 Å². The van der Waals surface area contributed by atoms with Crippen LogP contribution in [-0.4, -0.2) is 12.5 Å². The molecule has 17 heavy (non-hydrogen) atoms. The fourth-order valence-corrected chi connectivity index (χ4v) is 2.62. The predicted octanol–water partition coefficient (Wildman–Crippen LogP) is 1.83. The van der Waals surface area contributed by atoms with Gasteiger partial charge in [-0.25, -0.2) is 0 Å². The minimum absolute atomic E-state index is 0.0794. The Hall–Kier alpha value is -1.35. The summed E-state index contributed by atoms with van der Waals surface area (Å²) in [6.45, 7) is 5.12. The highest BCUT2D eigenvalue weighted by atomic mass is 16.1. The van der Waals surface area contributed by atoms with Crippen LogP contribution in [0.15, 0.2) is 18.2 Å². The van der Waals surface area contributed by atoms with Gasteiger partial charge in [-0.1, -0.05) is 23.8 Å². The molecule has 3 heteroatoms. The van der Waals surface area contributed by atoms with Crippen LogP contribution < -0.4 is 11.1 Å². The summed E-state index contributed by atoms with van der Waals surface area (Å²) in [5.74, 6) is -0.271. The van der Waals surface area contributed by atoms with Crippen LogP contribution in [0.25, 0.3) is 0 Å². The molecule has 1 aromatic rings. The summed E-state index contributed by atoms with van der Waals surface area (Å²) in [4.78, 5) is 11.5. The van der Waals surface area contributed by atoms with Crippen LogP contribution in [-0.2, 0) is 4.79 Å². The number of primary amides is 1. The number of benzene rings is 1. The van der Waals surface area contributed by atoms with Crippen LogP contribution >= 0.6 is 0 Å². The highest BCUT2D eigenvalue weighted by Crippen LogP contribution is 2.31. The van der Waals surface area contributed by atoms with E-state index in [1.54, 1.807) is 0 Å². The van der Waals surface area contributed by atoms with E-state index in [-0.39, 0.29) is 17.9 Å². The molecule has 1 aliphatic rings. The molecule has 0 spiro atoms. The molecule has 1 amide bonds. The fourth-order valence-electron chi connectivity index (χ4n) is 2.62. The number of hydrogen-bond donors (Lipinski definition) is 2. The molecule has 2 unspecified atom stereocenters. The molecule has 0 aliphatic carbocycles. The van der Waals surface area contributed by atoms with Gasteiger partial charge in [0.1, 0.15) is 0 Å². The molecule has 1 aromatic carbocycles. The number of carbonyl (C=O) groups excluding carboxylic acids is 1. The molecule has 1 saturated heterocycles. The summed E-state index contributed by atoms with van der Waals surface area (Å²) in [6.07, 6.45) is 1.91. The Balaban J connectivity index is 2.35. The zero-order chi connectivity index (χ0) is 12.4. The molecule has 1 aliphatic heterocycles. The van der Waals surface area contributed by atoms with Gasteiger partial charge >= 0.3 is 0 Å². The summed E-state index contributed by atoms with van der Waals surface area (Å²) in [6, 6.07) is 6.45. The van der Waals surface area contributed by atoms with Crippen molar-refractivity contribution in [2.24, 2.45) is 11.7 Å². The van der Waals surface area contributed by atoms with Gasteiger partial charge in [-0.3, -0.25) is 4.79 Å². The largest absolute Gasteiger partial charge is 0.369 e. The van der Waals surface area contributed by atoms with E-state index in [4.69, 9.17) is 5.73 Å². The fraction of sp³-hybridized carbons (Fsp3) is 0.500. The number of nitrogens with two attached hydrogens (primary N) is 1. The van der Waals surface area contributed by atoms with Crippen molar-refractivity contribution in [3.8, 4) is 0 Å². The molecule has 2 rings (SSSR count). The minimum Gasteiger partial charge on any atom is -0.369 e. The van der Waals surface area contributed by atoms with Crippen molar-refractivity contribution in [3.05, 3.63) is 34.9 Å². The van der Waals surface area contributed by atoms with Crippen molar-refractivity contribution >= 4 is 5.91 Å². The highest BCUT2D eigenvalue weighted by Gasteiger charge is 2.31. The van der Waals surface area contributed by atoms with E-state index in [2.05, 4.69) is 37.4 Å². The summed E-state index contributed by atoms with van der Waals surface area (Å²) < 4.78 is 0. The molecule has 1 heterocycles. The monoisotopic (exact) mass is 232 g/mol. The van der Waals surface area contributed by atoms with E-state index in [1.807, 2.05) is 0 Å². The second-order valence-corrected chi connectivity index (χ2v) is 4.94. The molecule has 0 aromatic heterocycles. The third-order valence-corrected chi connectivity index (χ3v) is 3.59. The van der Waals surface area contributed by atoms with Crippen LogP contribution in [0.3, 0.4) is 0 Å². The first kappa shape index (κ1) is 12.1. The summed E-state index contributed by atoms with van der Waals surface area (Å²) in [7, 11) is 0. The lowest BCUT2D eigenvalue weighted by Gasteiger charge is -2.32. The number of carbonyl (C=O) groups is 1. The Morgan fingerprint density at radius 1 is 1.41 bits per heavy atom. The summed E-state index contributed by atoms with van der Waals surface area (Å²) in [5.41, 5.74) is 9.17. The molecule has 0 radical (unpaired) electrons. The Morgan fingerprint density at radius 3 is 2.88 bits per heavy atom. The number of hydrogen-bond acceptors (Lipinski definition) is 2. The van der Waals surface area contributed by atoms with E-state index in [0.717, 1.165) is 19.4 Å². The average Bonchev–Trinajstić information content (AvgIpc) is 2.32. The maximum Gasteiger partial charge on any atom is 0.222 e. The maximum atomic E-state index is 11.5. The first-order valence-electron chi connectivity index (χ1n) is 6.19. The first-order valence-corrected chi connectivity index (χ1v) is 6.19. The lowest BCUT2D eigenvalue weighted by atomic mass is 9.83. The SMILES string of the molecule is Cc1ccc(C)c(C2NCCCC2C(N)=O)c1. The van der Waals surface area contributed by atoms with Crippen molar-refractivity contribution in [3.63, 3.8) is 0 Å². The van der Waals surface area contributed by atoms with Gasteiger partial charge in [0.25, 0.3) is 0 Å².